The number of ether oxygens (including phenoxy) is 1. The van der Waals surface area contributed by atoms with E-state index in [4.69, 9.17) is 4.74 Å². The minimum absolute atomic E-state index is 0.150. The Bertz CT molecular complexity index is 1110. The summed E-state index contributed by atoms with van der Waals surface area (Å²) in [6.45, 7) is 3.83. The molecule has 0 unspecified atom stereocenters. The summed E-state index contributed by atoms with van der Waals surface area (Å²) < 4.78 is 32.9. The molecular formula is C22H22N2O4S. The lowest BCUT2D eigenvalue weighted by atomic mass is 10.1. The Hall–Kier alpha value is -3.32. The Morgan fingerprint density at radius 1 is 0.862 bits per heavy atom. The molecule has 0 atom stereocenters. The van der Waals surface area contributed by atoms with Crippen molar-refractivity contribution in [1.82, 2.24) is 0 Å². The predicted molar refractivity (Wildman–Crippen MR) is 114 cm³/mol. The van der Waals surface area contributed by atoms with Gasteiger partial charge in [0.2, 0.25) is 0 Å². The molecule has 3 aromatic carbocycles. The van der Waals surface area contributed by atoms with Crippen LogP contribution in [0.5, 0.6) is 5.75 Å². The van der Waals surface area contributed by atoms with Crippen molar-refractivity contribution in [3.63, 3.8) is 0 Å². The molecule has 0 aliphatic carbocycles. The maximum atomic E-state index is 12.4. The summed E-state index contributed by atoms with van der Waals surface area (Å²) in [5, 5.41) is 2.71. The standard InChI is InChI=1S/C22H22N2O4S/c1-16-11-12-20(13-17(16)2)28-15-22(25)23-18-7-6-8-19(14-18)24-29(26,27)21-9-4-3-5-10-21/h3-14,24H,15H2,1-2H3,(H,23,25). The second-order valence-corrected chi connectivity index (χ2v) is 8.26. The van der Waals surface area contributed by atoms with Crippen molar-refractivity contribution in [2.45, 2.75) is 18.7 Å². The van der Waals surface area contributed by atoms with E-state index in [0.29, 0.717) is 17.1 Å². The molecule has 0 spiro atoms. The van der Waals surface area contributed by atoms with Gasteiger partial charge >= 0.3 is 0 Å². The molecule has 29 heavy (non-hydrogen) atoms. The minimum Gasteiger partial charge on any atom is -0.484 e. The molecule has 0 aliphatic rings. The summed E-state index contributed by atoms with van der Waals surface area (Å²) in [6.07, 6.45) is 0. The number of rotatable bonds is 7. The Morgan fingerprint density at radius 2 is 1.59 bits per heavy atom. The van der Waals surface area contributed by atoms with Gasteiger partial charge in [-0.25, -0.2) is 8.42 Å². The highest BCUT2D eigenvalue weighted by Crippen LogP contribution is 2.20. The number of nitrogens with one attached hydrogen (secondary N) is 2. The lowest BCUT2D eigenvalue weighted by Gasteiger charge is -2.11. The molecule has 0 aliphatic heterocycles. The van der Waals surface area contributed by atoms with E-state index < -0.39 is 10.0 Å². The van der Waals surface area contributed by atoms with Crippen molar-refractivity contribution >= 4 is 27.3 Å². The van der Waals surface area contributed by atoms with E-state index in [9.17, 15) is 13.2 Å². The molecule has 0 saturated carbocycles. The number of benzene rings is 3. The van der Waals surface area contributed by atoms with E-state index in [-0.39, 0.29) is 17.4 Å². The number of carbonyl (C=O) groups excluding carboxylic acids is 1. The van der Waals surface area contributed by atoms with Crippen LogP contribution in [0.25, 0.3) is 0 Å². The van der Waals surface area contributed by atoms with Gasteiger partial charge in [0.1, 0.15) is 5.75 Å². The average molecular weight is 410 g/mol. The van der Waals surface area contributed by atoms with Crippen LogP contribution in [0.4, 0.5) is 11.4 Å². The van der Waals surface area contributed by atoms with Crippen LogP contribution in [-0.4, -0.2) is 20.9 Å². The molecule has 2 N–H and O–H groups in total. The molecule has 150 valence electrons. The van der Waals surface area contributed by atoms with E-state index in [0.717, 1.165) is 11.1 Å². The topological polar surface area (TPSA) is 84.5 Å². The number of carbonyl (C=O) groups is 1. The van der Waals surface area contributed by atoms with Crippen molar-refractivity contribution < 1.29 is 17.9 Å². The van der Waals surface area contributed by atoms with E-state index >= 15 is 0 Å². The van der Waals surface area contributed by atoms with Gasteiger partial charge in [0.25, 0.3) is 15.9 Å². The number of anilines is 2. The van der Waals surface area contributed by atoms with Crippen molar-refractivity contribution in [2.75, 3.05) is 16.6 Å². The number of sulfonamides is 1. The maximum Gasteiger partial charge on any atom is 0.262 e. The molecule has 1 amide bonds. The Labute approximate surface area is 170 Å². The van der Waals surface area contributed by atoms with Crippen molar-refractivity contribution in [3.05, 3.63) is 83.9 Å². The first kappa shape index (κ1) is 20.4. The monoisotopic (exact) mass is 410 g/mol. The van der Waals surface area contributed by atoms with Gasteiger partial charge in [-0.2, -0.15) is 0 Å². The van der Waals surface area contributed by atoms with Crippen LogP contribution in [0.15, 0.2) is 77.7 Å². The van der Waals surface area contributed by atoms with Crippen LogP contribution in [0.3, 0.4) is 0 Å². The van der Waals surface area contributed by atoms with E-state index in [1.165, 1.54) is 12.1 Å². The summed E-state index contributed by atoms with van der Waals surface area (Å²) >= 11 is 0. The smallest absolute Gasteiger partial charge is 0.262 e. The molecular weight excluding hydrogens is 388 g/mol. The van der Waals surface area contributed by atoms with Crippen molar-refractivity contribution in [2.24, 2.45) is 0 Å². The average Bonchev–Trinajstić information content (AvgIpc) is 2.69. The summed E-state index contributed by atoms with van der Waals surface area (Å²) in [5.41, 5.74) is 3.05. The van der Waals surface area contributed by atoms with E-state index in [1.807, 2.05) is 32.0 Å². The third-order valence-electron chi connectivity index (χ3n) is 4.30. The van der Waals surface area contributed by atoms with Crippen LogP contribution in [0.2, 0.25) is 0 Å². The second kappa shape index (κ2) is 8.79. The van der Waals surface area contributed by atoms with E-state index in [2.05, 4.69) is 10.0 Å². The fourth-order valence-corrected chi connectivity index (χ4v) is 3.69. The lowest BCUT2D eigenvalue weighted by molar-refractivity contribution is -0.118. The summed E-state index contributed by atoms with van der Waals surface area (Å²) in [7, 11) is -3.70. The van der Waals surface area contributed by atoms with Gasteiger partial charge in [0, 0.05) is 5.69 Å². The van der Waals surface area contributed by atoms with Crippen LogP contribution < -0.4 is 14.8 Å². The number of hydrogen-bond donors (Lipinski definition) is 2. The largest absolute Gasteiger partial charge is 0.484 e. The molecule has 0 saturated heterocycles. The quantitative estimate of drug-likeness (QED) is 0.614. The predicted octanol–water partition coefficient (Wildman–Crippen LogP) is 4.12. The Kier molecular flexibility index (Phi) is 6.19. The van der Waals surface area contributed by atoms with Gasteiger partial charge in [0.15, 0.2) is 6.61 Å². The minimum atomic E-state index is -3.70. The highest BCUT2D eigenvalue weighted by atomic mass is 32.2. The number of hydrogen-bond acceptors (Lipinski definition) is 4. The lowest BCUT2D eigenvalue weighted by Crippen LogP contribution is -2.20. The van der Waals surface area contributed by atoms with Crippen molar-refractivity contribution in [1.29, 1.82) is 0 Å². The molecule has 3 aromatic rings. The third kappa shape index (κ3) is 5.58. The van der Waals surface area contributed by atoms with Crippen LogP contribution in [0.1, 0.15) is 11.1 Å². The summed E-state index contributed by atoms with van der Waals surface area (Å²) in [5.74, 6) is 0.277. The normalized spacial score (nSPS) is 11.0. The molecule has 0 radical (unpaired) electrons. The number of amides is 1. The van der Waals surface area contributed by atoms with Crippen LogP contribution >= 0.6 is 0 Å². The van der Waals surface area contributed by atoms with Gasteiger partial charge in [0.05, 0.1) is 10.6 Å². The fraction of sp³-hybridized carbons (Fsp3) is 0.136. The fourth-order valence-electron chi connectivity index (χ4n) is 2.62. The van der Waals surface area contributed by atoms with Crippen LogP contribution in [-0.2, 0) is 14.8 Å². The SMILES string of the molecule is Cc1ccc(OCC(=O)Nc2cccc(NS(=O)(=O)c3ccccc3)c2)cc1C. The molecule has 0 bridgehead atoms. The highest BCUT2D eigenvalue weighted by molar-refractivity contribution is 7.92. The van der Waals surface area contributed by atoms with E-state index in [1.54, 1.807) is 42.5 Å². The third-order valence-corrected chi connectivity index (χ3v) is 5.70. The molecule has 0 heterocycles. The first-order chi connectivity index (χ1) is 13.8. The van der Waals surface area contributed by atoms with Gasteiger partial charge < -0.3 is 10.1 Å². The zero-order chi connectivity index (χ0) is 20.9. The van der Waals surface area contributed by atoms with Gasteiger partial charge in [-0.15, -0.1) is 0 Å². The second-order valence-electron chi connectivity index (χ2n) is 6.58. The summed E-state index contributed by atoms with van der Waals surface area (Å²) in [4.78, 5) is 12.3. The molecule has 3 rings (SSSR count). The molecule has 0 fully saturated rings. The maximum absolute atomic E-state index is 12.4. The Morgan fingerprint density at radius 3 is 2.31 bits per heavy atom. The van der Waals surface area contributed by atoms with Gasteiger partial charge in [-0.05, 0) is 67.4 Å². The molecule has 7 heteroatoms. The van der Waals surface area contributed by atoms with Gasteiger partial charge in [-0.1, -0.05) is 30.3 Å². The highest BCUT2D eigenvalue weighted by Gasteiger charge is 2.14. The Balaban J connectivity index is 1.62. The molecule has 6 nitrogen and oxygen atoms in total. The van der Waals surface area contributed by atoms with Crippen LogP contribution in [0, 0.1) is 13.8 Å². The van der Waals surface area contributed by atoms with Gasteiger partial charge in [-0.3, -0.25) is 9.52 Å². The summed E-state index contributed by atoms with van der Waals surface area (Å²) in [6, 6.07) is 20.2. The zero-order valence-electron chi connectivity index (χ0n) is 16.2. The zero-order valence-corrected chi connectivity index (χ0v) is 17.0. The number of aryl methyl sites for hydroxylation is 2. The first-order valence-electron chi connectivity index (χ1n) is 9.01. The van der Waals surface area contributed by atoms with Crippen molar-refractivity contribution in [3.8, 4) is 5.75 Å². The first-order valence-corrected chi connectivity index (χ1v) is 10.5. The molecule has 0 aromatic heterocycles.